The van der Waals surface area contributed by atoms with E-state index >= 15 is 0 Å². The average Bonchev–Trinajstić information content (AvgIpc) is 3.07. The summed E-state index contributed by atoms with van der Waals surface area (Å²) in [6.07, 6.45) is 8.65. The Balaban J connectivity index is 1.33. The molecular formula is C15H22N4O. The van der Waals surface area contributed by atoms with E-state index in [2.05, 4.69) is 20.2 Å². The average molecular weight is 274 g/mol. The van der Waals surface area contributed by atoms with Crippen molar-refractivity contribution in [3.63, 3.8) is 0 Å². The van der Waals surface area contributed by atoms with Crippen molar-refractivity contribution in [1.82, 2.24) is 14.9 Å². The van der Waals surface area contributed by atoms with Crippen LogP contribution in [0.1, 0.15) is 25.7 Å². The lowest BCUT2D eigenvalue weighted by molar-refractivity contribution is 0.0123. The van der Waals surface area contributed by atoms with Crippen LogP contribution in [0.4, 0.5) is 5.95 Å². The highest BCUT2D eigenvalue weighted by molar-refractivity contribution is 5.25. The fraction of sp³-hybridized carbons (Fsp3) is 0.733. The molecule has 1 saturated carbocycles. The van der Waals surface area contributed by atoms with Crippen LogP contribution in [0.15, 0.2) is 18.5 Å². The normalized spacial score (nSPS) is 33.9. The van der Waals surface area contributed by atoms with Crippen LogP contribution in [0, 0.1) is 5.92 Å². The topological polar surface area (TPSA) is 50.3 Å². The van der Waals surface area contributed by atoms with Gasteiger partial charge < -0.3 is 15.0 Å². The highest BCUT2D eigenvalue weighted by atomic mass is 16.5. The zero-order valence-electron chi connectivity index (χ0n) is 11.8. The third-order valence-corrected chi connectivity index (χ3v) is 4.72. The molecular weight excluding hydrogens is 252 g/mol. The molecule has 2 aliphatic heterocycles. The Labute approximate surface area is 119 Å². The molecule has 3 heterocycles. The van der Waals surface area contributed by atoms with Crippen LogP contribution in [0.2, 0.25) is 0 Å². The maximum Gasteiger partial charge on any atom is 0.222 e. The summed E-state index contributed by atoms with van der Waals surface area (Å²) in [5.41, 5.74) is 0.0847. The molecule has 20 heavy (non-hydrogen) atoms. The van der Waals surface area contributed by atoms with Gasteiger partial charge in [-0.15, -0.1) is 0 Å². The van der Waals surface area contributed by atoms with Gasteiger partial charge >= 0.3 is 0 Å². The third-order valence-electron chi connectivity index (χ3n) is 4.72. The second-order valence-corrected chi connectivity index (χ2v) is 6.54. The van der Waals surface area contributed by atoms with Crippen LogP contribution >= 0.6 is 0 Å². The Morgan fingerprint density at radius 2 is 2.20 bits per heavy atom. The van der Waals surface area contributed by atoms with E-state index in [4.69, 9.17) is 4.74 Å². The summed E-state index contributed by atoms with van der Waals surface area (Å²) in [7, 11) is 0. The molecule has 1 N–H and O–H groups in total. The van der Waals surface area contributed by atoms with Crippen molar-refractivity contribution < 1.29 is 4.74 Å². The number of rotatable bonds is 4. The van der Waals surface area contributed by atoms with Gasteiger partial charge in [0.1, 0.15) is 0 Å². The van der Waals surface area contributed by atoms with E-state index in [1.807, 2.05) is 6.07 Å². The SMILES string of the molecule is c1cnc(N[C@H]2CO[C@@]3(CCN(CC4CC4)C3)C2)nc1. The molecule has 5 heteroatoms. The number of nitrogens with zero attached hydrogens (tertiary/aromatic N) is 3. The lowest BCUT2D eigenvalue weighted by Crippen LogP contribution is -2.34. The van der Waals surface area contributed by atoms with Gasteiger partial charge in [0, 0.05) is 38.4 Å². The number of nitrogens with one attached hydrogen (secondary N) is 1. The molecule has 3 aliphatic rings. The first kappa shape index (κ1) is 12.5. The highest BCUT2D eigenvalue weighted by Crippen LogP contribution is 2.38. The molecule has 4 rings (SSSR count). The first-order valence-corrected chi connectivity index (χ1v) is 7.71. The predicted molar refractivity (Wildman–Crippen MR) is 76.5 cm³/mol. The Bertz CT molecular complexity index is 464. The molecule has 108 valence electrons. The number of hydrogen-bond acceptors (Lipinski definition) is 5. The Kier molecular flexibility index (Phi) is 3.11. The number of ether oxygens (including phenoxy) is 1. The summed E-state index contributed by atoms with van der Waals surface area (Å²) in [5, 5.41) is 3.39. The summed E-state index contributed by atoms with van der Waals surface area (Å²) < 4.78 is 6.16. The van der Waals surface area contributed by atoms with Crippen molar-refractivity contribution in [2.45, 2.75) is 37.3 Å². The van der Waals surface area contributed by atoms with Crippen LogP contribution in [0.25, 0.3) is 0 Å². The van der Waals surface area contributed by atoms with Gasteiger partial charge in [0.2, 0.25) is 5.95 Å². The van der Waals surface area contributed by atoms with Crippen molar-refractivity contribution in [3.8, 4) is 0 Å². The zero-order chi connectivity index (χ0) is 13.4. The molecule has 1 aromatic heterocycles. The maximum atomic E-state index is 6.16. The molecule has 5 nitrogen and oxygen atoms in total. The van der Waals surface area contributed by atoms with Gasteiger partial charge in [-0.1, -0.05) is 0 Å². The van der Waals surface area contributed by atoms with Crippen LogP contribution in [0.5, 0.6) is 0 Å². The zero-order valence-corrected chi connectivity index (χ0v) is 11.8. The van der Waals surface area contributed by atoms with Crippen molar-refractivity contribution >= 4 is 5.95 Å². The molecule has 0 amide bonds. The van der Waals surface area contributed by atoms with Crippen molar-refractivity contribution in [1.29, 1.82) is 0 Å². The smallest absolute Gasteiger partial charge is 0.222 e. The first-order valence-electron chi connectivity index (χ1n) is 7.71. The van der Waals surface area contributed by atoms with Gasteiger partial charge in [0.25, 0.3) is 0 Å². The van der Waals surface area contributed by atoms with Gasteiger partial charge in [-0.3, -0.25) is 0 Å². The minimum absolute atomic E-state index is 0.0847. The molecule has 1 spiro atoms. The van der Waals surface area contributed by atoms with Crippen LogP contribution in [0.3, 0.4) is 0 Å². The molecule has 0 radical (unpaired) electrons. The quantitative estimate of drug-likeness (QED) is 0.902. The summed E-state index contributed by atoms with van der Waals surface area (Å²) in [6, 6.07) is 2.18. The Morgan fingerprint density at radius 3 is 3.00 bits per heavy atom. The standard InChI is InChI=1S/C15H22N4O/c1-5-16-14(17-6-1)18-13-8-15(20-10-13)4-7-19(11-15)9-12-2-3-12/h1,5-6,12-13H,2-4,7-11H2,(H,16,17,18)/t13-,15+/m1/s1. The van der Waals surface area contributed by atoms with Crippen LogP contribution in [-0.4, -0.2) is 52.8 Å². The lowest BCUT2D eigenvalue weighted by atomic mass is 9.97. The summed E-state index contributed by atoms with van der Waals surface area (Å²) in [6.45, 7) is 4.36. The molecule has 2 saturated heterocycles. The third kappa shape index (κ3) is 2.65. The van der Waals surface area contributed by atoms with Crippen LogP contribution < -0.4 is 5.32 Å². The molecule has 0 aromatic carbocycles. The fourth-order valence-corrected chi connectivity index (χ4v) is 3.53. The van der Waals surface area contributed by atoms with Gasteiger partial charge in [-0.05, 0) is 31.2 Å². The van der Waals surface area contributed by atoms with Crippen LogP contribution in [-0.2, 0) is 4.74 Å². The Morgan fingerprint density at radius 1 is 1.35 bits per heavy atom. The van der Waals surface area contributed by atoms with E-state index in [0.717, 1.165) is 25.5 Å². The molecule has 0 bridgehead atoms. The van der Waals surface area contributed by atoms with Crippen molar-refractivity contribution in [2.24, 2.45) is 5.92 Å². The monoisotopic (exact) mass is 274 g/mol. The van der Waals surface area contributed by atoms with E-state index in [1.54, 1.807) is 12.4 Å². The predicted octanol–water partition coefficient (Wildman–Crippen LogP) is 1.53. The minimum atomic E-state index is 0.0847. The molecule has 1 aromatic rings. The summed E-state index contributed by atoms with van der Waals surface area (Å²) >= 11 is 0. The lowest BCUT2D eigenvalue weighted by Gasteiger charge is -2.23. The summed E-state index contributed by atoms with van der Waals surface area (Å²) in [5.74, 6) is 1.68. The largest absolute Gasteiger partial charge is 0.371 e. The Hall–Kier alpha value is -1.20. The number of aromatic nitrogens is 2. The first-order chi connectivity index (χ1) is 9.81. The van der Waals surface area contributed by atoms with Gasteiger partial charge in [-0.25, -0.2) is 9.97 Å². The molecule has 1 aliphatic carbocycles. The molecule has 2 atom stereocenters. The van der Waals surface area contributed by atoms with Crippen molar-refractivity contribution in [3.05, 3.63) is 18.5 Å². The van der Waals surface area contributed by atoms with Gasteiger partial charge in [-0.2, -0.15) is 0 Å². The second kappa shape index (κ2) is 4.97. The highest BCUT2D eigenvalue weighted by Gasteiger charge is 2.46. The van der Waals surface area contributed by atoms with Gasteiger partial charge in [0.15, 0.2) is 0 Å². The van der Waals surface area contributed by atoms with E-state index < -0.39 is 0 Å². The van der Waals surface area contributed by atoms with Crippen molar-refractivity contribution in [2.75, 3.05) is 31.6 Å². The number of anilines is 1. The molecule has 3 fully saturated rings. The minimum Gasteiger partial charge on any atom is -0.371 e. The molecule has 0 unspecified atom stereocenters. The fourth-order valence-electron chi connectivity index (χ4n) is 3.53. The van der Waals surface area contributed by atoms with E-state index in [0.29, 0.717) is 12.0 Å². The summed E-state index contributed by atoms with van der Waals surface area (Å²) in [4.78, 5) is 11.1. The van der Waals surface area contributed by atoms with E-state index in [-0.39, 0.29) is 5.60 Å². The number of likely N-dealkylation sites (tertiary alicyclic amines) is 1. The van der Waals surface area contributed by atoms with Gasteiger partial charge in [0.05, 0.1) is 18.2 Å². The maximum absolute atomic E-state index is 6.16. The number of hydrogen-bond donors (Lipinski definition) is 1. The second-order valence-electron chi connectivity index (χ2n) is 6.54. The van der Waals surface area contributed by atoms with E-state index in [9.17, 15) is 0 Å². The van der Waals surface area contributed by atoms with E-state index in [1.165, 1.54) is 32.4 Å².